The molecule has 0 bridgehead atoms. The van der Waals surface area contributed by atoms with Crippen molar-refractivity contribution in [3.05, 3.63) is 58.0 Å². The van der Waals surface area contributed by atoms with Crippen LogP contribution >= 0.6 is 23.4 Å². The molecular weight excluding hydrogens is 522 g/mol. The Bertz CT molecular complexity index is 1580. The van der Waals surface area contributed by atoms with Crippen LogP contribution in [0.5, 0.6) is 0 Å². The van der Waals surface area contributed by atoms with Crippen LogP contribution in [-0.2, 0) is 6.42 Å². The molecule has 2 aliphatic heterocycles. The Morgan fingerprint density at radius 2 is 2.11 bits per heavy atom. The van der Waals surface area contributed by atoms with E-state index in [4.69, 9.17) is 27.3 Å². The van der Waals surface area contributed by atoms with Crippen LogP contribution in [0.3, 0.4) is 0 Å². The molecule has 0 aliphatic carbocycles. The number of fused-ring (bicyclic) bond motifs is 2. The van der Waals surface area contributed by atoms with Crippen LogP contribution in [0, 0.1) is 12.1 Å². The van der Waals surface area contributed by atoms with Gasteiger partial charge in [0.1, 0.15) is 11.5 Å². The fourth-order valence-electron chi connectivity index (χ4n) is 5.25. The highest BCUT2D eigenvalue weighted by Gasteiger charge is 2.29. The highest BCUT2D eigenvalue weighted by atomic mass is 35.5. The lowest BCUT2D eigenvalue weighted by molar-refractivity contribution is -0.584. The average Bonchev–Trinajstić information content (AvgIpc) is 3.46. The highest BCUT2D eigenvalue weighted by molar-refractivity contribution is 7.99. The molecule has 1 atom stereocenters. The molecule has 0 saturated carbocycles. The van der Waals surface area contributed by atoms with Crippen molar-refractivity contribution >= 4 is 56.8 Å². The number of rotatable bonds is 6. The molecule has 2 fully saturated rings. The summed E-state index contributed by atoms with van der Waals surface area (Å²) in [5.41, 5.74) is 10.5. The number of aromatic amines is 1. The number of pyridine rings is 1. The van der Waals surface area contributed by atoms with E-state index in [2.05, 4.69) is 16.5 Å². The summed E-state index contributed by atoms with van der Waals surface area (Å²) in [6, 6.07) is 7.87. The predicted molar refractivity (Wildman–Crippen MR) is 151 cm³/mol. The van der Waals surface area contributed by atoms with Gasteiger partial charge in [-0.15, -0.1) is 0 Å². The second kappa shape index (κ2) is 9.60. The van der Waals surface area contributed by atoms with Crippen molar-refractivity contribution in [2.75, 3.05) is 31.1 Å². The number of nitrogens with zero attached hydrogens (tertiary/aromatic N) is 5. The summed E-state index contributed by atoms with van der Waals surface area (Å²) in [5, 5.41) is 25.8. The number of H-pyrrole nitrogens is 1. The number of aliphatic hydroxyl groups is 1. The second-order valence-corrected chi connectivity index (χ2v) is 11.5. The van der Waals surface area contributed by atoms with Gasteiger partial charge >= 0.3 is 0 Å². The lowest BCUT2D eigenvalue weighted by atomic mass is 10.0. The molecule has 0 spiro atoms. The van der Waals surface area contributed by atoms with Crippen molar-refractivity contribution < 1.29 is 9.84 Å². The molecule has 5 heterocycles. The molecule has 4 aromatic rings. The fourth-order valence-corrected chi connectivity index (χ4v) is 6.39. The normalized spacial score (nSPS) is 18.1. The summed E-state index contributed by atoms with van der Waals surface area (Å²) in [5.74, 6) is 0.793. The molecule has 11 heteroatoms. The number of nitrogens with one attached hydrogen (secondary N) is 1. The number of anilines is 1. The van der Waals surface area contributed by atoms with Crippen molar-refractivity contribution in [3.8, 4) is 0 Å². The molecular formula is C27H30ClN7O2S. The van der Waals surface area contributed by atoms with Crippen LogP contribution < -0.4 is 15.4 Å². The molecule has 38 heavy (non-hydrogen) atoms. The minimum absolute atomic E-state index is 0.0999. The van der Waals surface area contributed by atoms with Crippen molar-refractivity contribution in [2.24, 2.45) is 5.73 Å². The molecule has 6 rings (SSSR count). The number of aryl methyl sites for hydroxylation is 1. The van der Waals surface area contributed by atoms with Crippen molar-refractivity contribution in [1.82, 2.24) is 19.9 Å². The number of aliphatic hydroxyl groups excluding tert-OH is 1. The number of β-amino-alcohol motifs (C(OH)–C–C–N with tert-alkyl or cyclic N) is 1. The molecule has 2 saturated heterocycles. The van der Waals surface area contributed by atoms with Gasteiger partial charge in [-0.05, 0) is 42.8 Å². The van der Waals surface area contributed by atoms with E-state index in [1.807, 2.05) is 36.1 Å². The van der Waals surface area contributed by atoms with Gasteiger partial charge in [-0.2, -0.15) is 4.73 Å². The zero-order valence-corrected chi connectivity index (χ0v) is 22.9. The molecule has 1 aromatic carbocycles. The van der Waals surface area contributed by atoms with Gasteiger partial charge in [-0.1, -0.05) is 25.1 Å². The van der Waals surface area contributed by atoms with Crippen LogP contribution in [0.25, 0.3) is 27.6 Å². The molecule has 0 radical (unpaired) electrons. The van der Waals surface area contributed by atoms with E-state index in [9.17, 15) is 10.3 Å². The van der Waals surface area contributed by atoms with E-state index in [1.165, 1.54) is 11.8 Å². The zero-order chi connectivity index (χ0) is 26.7. The Hall–Kier alpha value is -3.05. The predicted octanol–water partition coefficient (Wildman–Crippen LogP) is 3.60. The molecule has 9 nitrogen and oxygen atoms in total. The van der Waals surface area contributed by atoms with Crippen LogP contribution in [-0.4, -0.2) is 63.3 Å². The van der Waals surface area contributed by atoms with Gasteiger partial charge in [0.2, 0.25) is 5.52 Å². The third-order valence-corrected chi connectivity index (χ3v) is 8.75. The summed E-state index contributed by atoms with van der Waals surface area (Å²) in [7, 11) is 0. The lowest BCUT2D eigenvalue weighted by Crippen LogP contribution is -2.49. The third-order valence-electron chi connectivity index (χ3n) is 7.48. The minimum Gasteiger partial charge on any atom is -0.618 e. The monoisotopic (exact) mass is 551 g/mol. The quantitative estimate of drug-likeness (QED) is 0.189. The summed E-state index contributed by atoms with van der Waals surface area (Å²) in [4.78, 5) is 18.1. The Balaban J connectivity index is 1.37. The highest BCUT2D eigenvalue weighted by Crippen LogP contribution is 2.38. The largest absolute Gasteiger partial charge is 0.618 e. The standard InChI is InChI=1S/C27H30ClN7O2S/c1-4-21-24(28)23-25(30-21)31-27(32-26(23)33-8-7-17(29)11-33)38-19-6-5-16-9-20(14(2)34-12-18(36)13-34)15(3)35(37)22(16)10-19/h5-6,9-10,17-18,36H,2,4,7-8,11-13,29H2,1,3H3,(H,30,31,32)/t17-/m0/s1. The molecule has 4 N–H and O–H groups in total. The maximum Gasteiger partial charge on any atom is 0.225 e. The summed E-state index contributed by atoms with van der Waals surface area (Å²) < 4.78 is 0.954. The SMILES string of the molecule is C=C(c1cc2ccc(Sc3nc(N4CC[C@H](N)C4)c4c(Cl)c(CC)[nH]c4n3)cc2[n+]([O-])c1C)N1CC(O)C1. The molecule has 0 amide bonds. The first-order valence-corrected chi connectivity index (χ1v) is 14.0. The van der Waals surface area contributed by atoms with E-state index >= 15 is 0 Å². The van der Waals surface area contributed by atoms with Gasteiger partial charge in [0.25, 0.3) is 0 Å². The number of aromatic nitrogens is 4. The molecule has 3 aromatic heterocycles. The summed E-state index contributed by atoms with van der Waals surface area (Å²) >= 11 is 8.13. The number of hydrogen-bond donors (Lipinski definition) is 3. The van der Waals surface area contributed by atoms with Crippen molar-refractivity contribution in [1.29, 1.82) is 0 Å². The van der Waals surface area contributed by atoms with Crippen LogP contribution in [0.15, 0.2) is 40.9 Å². The average molecular weight is 552 g/mol. The molecule has 198 valence electrons. The first kappa shape index (κ1) is 25.2. The minimum atomic E-state index is -0.341. The molecule has 2 aliphatic rings. The number of benzene rings is 1. The van der Waals surface area contributed by atoms with E-state index in [0.29, 0.717) is 46.7 Å². The van der Waals surface area contributed by atoms with Crippen molar-refractivity contribution in [3.63, 3.8) is 0 Å². The van der Waals surface area contributed by atoms with E-state index in [0.717, 1.165) is 62.6 Å². The summed E-state index contributed by atoms with van der Waals surface area (Å²) in [6.45, 7) is 10.6. The van der Waals surface area contributed by atoms with Gasteiger partial charge in [-0.3, -0.25) is 0 Å². The van der Waals surface area contributed by atoms with E-state index in [-0.39, 0.29) is 12.1 Å². The smallest absolute Gasteiger partial charge is 0.225 e. The Kier molecular flexibility index (Phi) is 6.38. The van der Waals surface area contributed by atoms with Crippen LogP contribution in [0.4, 0.5) is 5.82 Å². The Morgan fingerprint density at radius 1 is 1.32 bits per heavy atom. The van der Waals surface area contributed by atoms with Gasteiger partial charge in [-0.25, -0.2) is 9.97 Å². The maximum atomic E-state index is 13.3. The number of halogens is 1. The summed E-state index contributed by atoms with van der Waals surface area (Å²) in [6.07, 6.45) is 1.32. The third kappa shape index (κ3) is 4.25. The fraction of sp³-hybridized carbons (Fsp3) is 0.370. The first-order chi connectivity index (χ1) is 18.2. The zero-order valence-electron chi connectivity index (χ0n) is 21.4. The van der Waals surface area contributed by atoms with E-state index in [1.54, 1.807) is 6.92 Å². The molecule has 0 unspecified atom stereocenters. The van der Waals surface area contributed by atoms with Gasteiger partial charge in [0, 0.05) is 66.9 Å². The van der Waals surface area contributed by atoms with Crippen molar-refractivity contribution in [2.45, 2.75) is 48.9 Å². The van der Waals surface area contributed by atoms with Gasteiger partial charge in [0.15, 0.2) is 10.9 Å². The lowest BCUT2D eigenvalue weighted by Gasteiger charge is -2.39. The van der Waals surface area contributed by atoms with Gasteiger partial charge in [0.05, 0.1) is 22.1 Å². The topological polar surface area (TPSA) is 121 Å². The number of nitrogens with two attached hydrogens (primary N) is 1. The Labute approximate surface area is 229 Å². The Morgan fingerprint density at radius 3 is 2.79 bits per heavy atom. The van der Waals surface area contributed by atoms with Crippen LogP contribution in [0.1, 0.15) is 30.3 Å². The number of likely N-dealkylation sites (tertiary alicyclic amines) is 1. The first-order valence-electron chi connectivity index (χ1n) is 12.8. The van der Waals surface area contributed by atoms with Gasteiger partial charge < -0.3 is 30.8 Å². The second-order valence-electron chi connectivity index (χ2n) is 10.1. The number of hydrogen-bond acceptors (Lipinski definition) is 8. The van der Waals surface area contributed by atoms with E-state index < -0.39 is 0 Å². The maximum absolute atomic E-state index is 13.3. The van der Waals surface area contributed by atoms with Crippen LogP contribution in [0.2, 0.25) is 5.02 Å².